The maximum absolute atomic E-state index is 13.6. The Balaban J connectivity index is 1.60. The van der Waals surface area contributed by atoms with E-state index in [1.165, 1.54) is 9.80 Å². The molecule has 0 aromatic carbocycles. The van der Waals surface area contributed by atoms with E-state index >= 15 is 0 Å². The third-order valence-electron chi connectivity index (χ3n) is 8.82. The van der Waals surface area contributed by atoms with Gasteiger partial charge in [0.2, 0.25) is 17.7 Å². The molecule has 11 nitrogen and oxygen atoms in total. The molecule has 3 fully saturated rings. The molecule has 3 aliphatic rings. The number of alkyl halides is 1. The molecule has 3 rings (SSSR count). The number of carbonyl (C=O) groups excluding carboxylic acids is 3. The molecule has 1 heterocycles. The highest BCUT2D eigenvalue weighted by atomic mass is 35.5. The van der Waals surface area contributed by atoms with Crippen molar-refractivity contribution in [3.05, 3.63) is 0 Å². The molecule has 0 aromatic rings. The SMILES string of the molecule is COC1CCCC(C(=O)N(CCC(=O)O)CC(=O)N(CCC(C)C)CC(=O)NC2CCC(N3CCOCC3)C(Cl)C2)C1. The Morgan fingerprint density at radius 3 is 2.40 bits per heavy atom. The normalized spacial score (nSPS) is 26.9. The Hall–Kier alpha value is -1.95. The highest BCUT2D eigenvalue weighted by molar-refractivity contribution is 6.21. The summed E-state index contributed by atoms with van der Waals surface area (Å²) in [7, 11) is 1.63. The van der Waals surface area contributed by atoms with Crippen LogP contribution in [0.4, 0.5) is 0 Å². The van der Waals surface area contributed by atoms with E-state index in [0.29, 0.717) is 51.4 Å². The monoisotopic (exact) mass is 614 g/mol. The highest BCUT2D eigenvalue weighted by Gasteiger charge is 2.35. The molecule has 2 N–H and O–H groups in total. The number of carboxylic acids is 1. The second-order valence-corrected chi connectivity index (χ2v) is 13.0. The number of ether oxygens (including phenoxy) is 2. The Bertz CT molecular complexity index is 901. The number of nitrogens with zero attached hydrogens (tertiary/aromatic N) is 3. The first-order valence-electron chi connectivity index (χ1n) is 15.6. The van der Waals surface area contributed by atoms with Gasteiger partial charge < -0.3 is 29.7 Å². The van der Waals surface area contributed by atoms with Crippen LogP contribution in [0.3, 0.4) is 0 Å². The van der Waals surface area contributed by atoms with Crippen LogP contribution in [0, 0.1) is 11.8 Å². The summed E-state index contributed by atoms with van der Waals surface area (Å²) >= 11 is 6.77. The summed E-state index contributed by atoms with van der Waals surface area (Å²) in [5.41, 5.74) is 0. The number of methoxy groups -OCH3 is 1. The number of rotatable bonds is 14. The third kappa shape index (κ3) is 11.0. The first-order chi connectivity index (χ1) is 20.1. The van der Waals surface area contributed by atoms with Gasteiger partial charge in [-0.2, -0.15) is 0 Å². The summed E-state index contributed by atoms with van der Waals surface area (Å²) in [4.78, 5) is 56.8. The quantitative estimate of drug-likeness (QED) is 0.285. The van der Waals surface area contributed by atoms with Crippen molar-refractivity contribution in [3.63, 3.8) is 0 Å². The molecule has 0 bridgehead atoms. The van der Waals surface area contributed by atoms with Crippen LogP contribution in [-0.4, -0.2) is 127 Å². The van der Waals surface area contributed by atoms with Crippen LogP contribution in [0.2, 0.25) is 0 Å². The van der Waals surface area contributed by atoms with Gasteiger partial charge in [-0.05, 0) is 50.9 Å². The number of halogens is 1. The van der Waals surface area contributed by atoms with E-state index in [1.54, 1.807) is 7.11 Å². The van der Waals surface area contributed by atoms with E-state index in [9.17, 15) is 24.3 Å². The smallest absolute Gasteiger partial charge is 0.305 e. The van der Waals surface area contributed by atoms with Crippen LogP contribution in [0.15, 0.2) is 0 Å². The van der Waals surface area contributed by atoms with Crippen molar-refractivity contribution in [2.45, 2.75) is 95.2 Å². The number of hydrogen-bond acceptors (Lipinski definition) is 7. The molecule has 1 saturated heterocycles. The number of carbonyl (C=O) groups is 4. The van der Waals surface area contributed by atoms with Crippen LogP contribution in [0.1, 0.15) is 71.6 Å². The first kappa shape index (κ1) is 34.5. The van der Waals surface area contributed by atoms with Gasteiger partial charge in [-0.15, -0.1) is 11.6 Å². The van der Waals surface area contributed by atoms with Crippen molar-refractivity contribution in [2.24, 2.45) is 11.8 Å². The summed E-state index contributed by atoms with van der Waals surface area (Å²) in [6, 6.07) is 0.207. The highest BCUT2D eigenvalue weighted by Crippen LogP contribution is 2.29. The summed E-state index contributed by atoms with van der Waals surface area (Å²) in [5, 5.41) is 12.3. The molecule has 3 amide bonds. The molecule has 0 spiro atoms. The van der Waals surface area contributed by atoms with Gasteiger partial charge in [0.25, 0.3) is 0 Å². The minimum absolute atomic E-state index is 0.0208. The second kappa shape index (κ2) is 17.4. The van der Waals surface area contributed by atoms with Gasteiger partial charge >= 0.3 is 5.97 Å². The zero-order valence-corrected chi connectivity index (χ0v) is 26.4. The minimum Gasteiger partial charge on any atom is -0.481 e. The van der Waals surface area contributed by atoms with Crippen LogP contribution in [0.25, 0.3) is 0 Å². The van der Waals surface area contributed by atoms with Crippen LogP contribution in [-0.2, 0) is 28.7 Å². The first-order valence-corrected chi connectivity index (χ1v) is 16.1. The van der Waals surface area contributed by atoms with Crippen LogP contribution < -0.4 is 5.32 Å². The maximum atomic E-state index is 13.6. The number of carboxylic acid groups (broad SMARTS) is 1. The minimum atomic E-state index is -1.03. The van der Waals surface area contributed by atoms with Crippen molar-refractivity contribution in [1.82, 2.24) is 20.0 Å². The zero-order valence-electron chi connectivity index (χ0n) is 25.6. The van der Waals surface area contributed by atoms with Crippen LogP contribution in [0.5, 0.6) is 0 Å². The fourth-order valence-corrected chi connectivity index (χ4v) is 6.81. The number of amides is 3. The number of aliphatic carboxylic acids is 1. The van der Waals surface area contributed by atoms with E-state index in [4.69, 9.17) is 21.1 Å². The molecule has 1 aliphatic heterocycles. The standard InChI is InChI=1S/C30H51ClN4O7/c1-21(2)9-11-34(19-27(36)32-23-7-8-26(25(31)18-23)33-13-15-42-16-14-33)28(37)20-35(12-10-29(38)39)30(40)22-5-4-6-24(17-22)41-3/h21-26H,4-20H2,1-3H3,(H,32,36)(H,38,39). The number of nitrogens with one attached hydrogen (secondary N) is 1. The number of morpholine rings is 1. The molecule has 12 heteroatoms. The van der Waals surface area contributed by atoms with Crippen LogP contribution >= 0.6 is 11.6 Å². The topological polar surface area (TPSA) is 129 Å². The van der Waals surface area contributed by atoms with E-state index in [2.05, 4.69) is 10.2 Å². The van der Waals surface area contributed by atoms with E-state index in [0.717, 1.165) is 38.8 Å². The molecule has 2 saturated carbocycles. The molecule has 0 radical (unpaired) electrons. The summed E-state index contributed by atoms with van der Waals surface area (Å²) in [6.07, 6.45) is 5.77. The summed E-state index contributed by atoms with van der Waals surface area (Å²) in [5.74, 6) is -1.85. The summed E-state index contributed by atoms with van der Waals surface area (Å²) < 4.78 is 10.9. The predicted octanol–water partition coefficient (Wildman–Crippen LogP) is 2.35. The van der Waals surface area contributed by atoms with E-state index < -0.39 is 5.97 Å². The van der Waals surface area contributed by atoms with Gasteiger partial charge in [0, 0.05) is 51.3 Å². The van der Waals surface area contributed by atoms with Gasteiger partial charge in [0.15, 0.2) is 0 Å². The maximum Gasteiger partial charge on any atom is 0.305 e. The van der Waals surface area contributed by atoms with Crippen molar-refractivity contribution >= 4 is 35.3 Å². The Labute approximate surface area is 255 Å². The fraction of sp³-hybridized carbons (Fsp3) is 0.867. The van der Waals surface area contributed by atoms with Gasteiger partial charge in [-0.25, -0.2) is 0 Å². The Morgan fingerprint density at radius 1 is 1.02 bits per heavy atom. The van der Waals surface area contributed by atoms with Crippen molar-refractivity contribution < 1.29 is 33.8 Å². The molecule has 2 aliphatic carbocycles. The molecule has 5 unspecified atom stereocenters. The molecule has 240 valence electrons. The van der Waals surface area contributed by atoms with E-state index in [1.807, 2.05) is 13.8 Å². The average molecular weight is 615 g/mol. The lowest BCUT2D eigenvalue weighted by Gasteiger charge is -2.41. The third-order valence-corrected chi connectivity index (χ3v) is 9.29. The molecule has 42 heavy (non-hydrogen) atoms. The molecule has 5 atom stereocenters. The number of hydrogen-bond donors (Lipinski definition) is 2. The summed E-state index contributed by atoms with van der Waals surface area (Å²) in [6.45, 7) is 7.24. The van der Waals surface area contributed by atoms with Crippen molar-refractivity contribution in [3.8, 4) is 0 Å². The van der Waals surface area contributed by atoms with E-state index in [-0.39, 0.29) is 73.3 Å². The lowest BCUT2D eigenvalue weighted by Crippen LogP contribution is -2.54. The largest absolute Gasteiger partial charge is 0.481 e. The van der Waals surface area contributed by atoms with Gasteiger partial charge in [0.1, 0.15) is 0 Å². The molecule has 0 aromatic heterocycles. The Morgan fingerprint density at radius 2 is 1.76 bits per heavy atom. The van der Waals surface area contributed by atoms with Crippen molar-refractivity contribution in [1.29, 1.82) is 0 Å². The fourth-order valence-electron chi connectivity index (χ4n) is 6.31. The predicted molar refractivity (Wildman–Crippen MR) is 159 cm³/mol. The average Bonchev–Trinajstić information content (AvgIpc) is 2.97. The lowest BCUT2D eigenvalue weighted by molar-refractivity contribution is -0.147. The van der Waals surface area contributed by atoms with Crippen molar-refractivity contribution in [2.75, 3.05) is 59.6 Å². The van der Waals surface area contributed by atoms with Gasteiger partial charge in [-0.1, -0.05) is 20.3 Å². The Kier molecular flexibility index (Phi) is 14.3. The molecular weight excluding hydrogens is 564 g/mol. The second-order valence-electron chi connectivity index (χ2n) is 12.4. The molecular formula is C30H51ClN4O7. The van der Waals surface area contributed by atoms with Gasteiger partial charge in [0.05, 0.1) is 44.2 Å². The lowest BCUT2D eigenvalue weighted by atomic mass is 9.86. The van der Waals surface area contributed by atoms with Gasteiger partial charge in [-0.3, -0.25) is 24.1 Å². The zero-order chi connectivity index (χ0) is 30.6.